The van der Waals surface area contributed by atoms with Crippen molar-refractivity contribution in [3.05, 3.63) is 65.7 Å². The van der Waals surface area contributed by atoms with E-state index in [0.717, 1.165) is 24.4 Å². The Balaban J connectivity index is 1.83. The summed E-state index contributed by atoms with van der Waals surface area (Å²) in [5.41, 5.74) is 2.19. The molecule has 2 aromatic carbocycles. The van der Waals surface area contributed by atoms with Gasteiger partial charge in [0.05, 0.1) is 13.0 Å². The Kier molecular flexibility index (Phi) is 4.63. The first-order valence-electron chi connectivity index (χ1n) is 7.81. The maximum Gasteiger partial charge on any atom is 0.308 e. The Morgan fingerprint density at radius 2 is 1.83 bits per heavy atom. The number of carboxylic acids is 1. The normalized spacial score (nSPS) is 21.3. The topological polar surface area (TPSA) is 49.8 Å². The van der Waals surface area contributed by atoms with Gasteiger partial charge in [0.15, 0.2) is 0 Å². The van der Waals surface area contributed by atoms with E-state index in [9.17, 15) is 9.90 Å². The Hall–Kier alpha value is -2.33. The molecule has 0 aromatic heterocycles. The molecule has 0 bridgehead atoms. The van der Waals surface area contributed by atoms with Crippen molar-refractivity contribution in [2.24, 2.45) is 5.92 Å². The SMILES string of the molecule is COc1ccccc1C1CN(Cc2ccccc2)C[C@@H]1C(=O)O. The molecule has 1 fully saturated rings. The third-order valence-electron chi connectivity index (χ3n) is 4.50. The van der Waals surface area contributed by atoms with Crippen LogP contribution in [0.1, 0.15) is 17.0 Å². The van der Waals surface area contributed by atoms with E-state index >= 15 is 0 Å². The lowest BCUT2D eigenvalue weighted by molar-refractivity contribution is -0.141. The van der Waals surface area contributed by atoms with E-state index in [-0.39, 0.29) is 5.92 Å². The molecular formula is C19H21NO3. The molecule has 0 amide bonds. The summed E-state index contributed by atoms with van der Waals surface area (Å²) in [6.45, 7) is 2.06. The predicted octanol–water partition coefficient (Wildman–Crippen LogP) is 3.00. The van der Waals surface area contributed by atoms with Gasteiger partial charge in [0.25, 0.3) is 0 Å². The second-order valence-electron chi connectivity index (χ2n) is 5.97. The fourth-order valence-electron chi connectivity index (χ4n) is 3.39. The lowest BCUT2D eigenvalue weighted by atomic mass is 9.88. The second-order valence-corrected chi connectivity index (χ2v) is 5.97. The molecule has 1 aliphatic heterocycles. The van der Waals surface area contributed by atoms with E-state index in [0.29, 0.717) is 6.54 Å². The van der Waals surface area contributed by atoms with Crippen LogP contribution < -0.4 is 4.74 Å². The number of methoxy groups -OCH3 is 1. The van der Waals surface area contributed by atoms with Gasteiger partial charge in [-0.3, -0.25) is 9.69 Å². The standard InChI is InChI=1S/C19H21NO3/c1-23-18-10-6-5-9-15(18)16-12-20(13-17(16)19(21)22)11-14-7-3-2-4-8-14/h2-10,16-17H,11-13H2,1H3,(H,21,22)/t16?,17-/m0/s1. The van der Waals surface area contributed by atoms with Crippen molar-refractivity contribution in [1.82, 2.24) is 4.90 Å². The van der Waals surface area contributed by atoms with E-state index in [2.05, 4.69) is 17.0 Å². The van der Waals surface area contributed by atoms with Crippen molar-refractivity contribution >= 4 is 5.97 Å². The summed E-state index contributed by atoms with van der Waals surface area (Å²) >= 11 is 0. The molecule has 2 atom stereocenters. The average molecular weight is 311 g/mol. The molecule has 1 saturated heterocycles. The largest absolute Gasteiger partial charge is 0.496 e. The Labute approximate surface area is 136 Å². The zero-order valence-corrected chi connectivity index (χ0v) is 13.2. The molecule has 4 nitrogen and oxygen atoms in total. The van der Waals surface area contributed by atoms with Crippen molar-refractivity contribution in [3.8, 4) is 5.75 Å². The van der Waals surface area contributed by atoms with E-state index in [1.54, 1.807) is 7.11 Å². The van der Waals surface area contributed by atoms with Crippen molar-refractivity contribution in [2.45, 2.75) is 12.5 Å². The maximum atomic E-state index is 11.7. The van der Waals surface area contributed by atoms with Crippen molar-refractivity contribution in [1.29, 1.82) is 0 Å². The summed E-state index contributed by atoms with van der Waals surface area (Å²) < 4.78 is 5.43. The van der Waals surface area contributed by atoms with Crippen LogP contribution >= 0.6 is 0 Å². The molecule has 1 heterocycles. The van der Waals surface area contributed by atoms with Crippen LogP contribution in [0.2, 0.25) is 0 Å². The summed E-state index contributed by atoms with van der Waals surface area (Å²) in [7, 11) is 1.63. The molecule has 2 aromatic rings. The Morgan fingerprint density at radius 3 is 2.52 bits per heavy atom. The summed E-state index contributed by atoms with van der Waals surface area (Å²) in [5, 5.41) is 9.62. The van der Waals surface area contributed by atoms with Crippen molar-refractivity contribution in [2.75, 3.05) is 20.2 Å². The van der Waals surface area contributed by atoms with E-state index < -0.39 is 11.9 Å². The number of carbonyl (C=O) groups is 1. The minimum absolute atomic E-state index is 0.0487. The summed E-state index contributed by atoms with van der Waals surface area (Å²) in [5.74, 6) is -0.427. The molecule has 23 heavy (non-hydrogen) atoms. The number of hydrogen-bond acceptors (Lipinski definition) is 3. The molecule has 1 N–H and O–H groups in total. The lowest BCUT2D eigenvalue weighted by Crippen LogP contribution is -2.23. The fraction of sp³-hybridized carbons (Fsp3) is 0.316. The van der Waals surface area contributed by atoms with Crippen LogP contribution in [-0.2, 0) is 11.3 Å². The number of hydrogen-bond donors (Lipinski definition) is 1. The third-order valence-corrected chi connectivity index (χ3v) is 4.50. The molecule has 0 saturated carbocycles. The monoisotopic (exact) mass is 311 g/mol. The number of benzene rings is 2. The van der Waals surface area contributed by atoms with Crippen LogP contribution in [0.25, 0.3) is 0 Å². The minimum Gasteiger partial charge on any atom is -0.496 e. The maximum absolute atomic E-state index is 11.7. The first-order chi connectivity index (χ1) is 11.2. The fourth-order valence-corrected chi connectivity index (χ4v) is 3.39. The first kappa shape index (κ1) is 15.6. The van der Waals surface area contributed by atoms with Crippen molar-refractivity contribution in [3.63, 3.8) is 0 Å². The van der Waals surface area contributed by atoms with E-state index in [4.69, 9.17) is 4.74 Å². The van der Waals surface area contributed by atoms with Gasteiger partial charge in [-0.25, -0.2) is 0 Å². The summed E-state index contributed by atoms with van der Waals surface area (Å²) in [6, 6.07) is 17.9. The number of rotatable bonds is 5. The van der Waals surface area contributed by atoms with Gasteiger partial charge < -0.3 is 9.84 Å². The van der Waals surface area contributed by atoms with Gasteiger partial charge in [-0.1, -0.05) is 48.5 Å². The van der Waals surface area contributed by atoms with Crippen molar-refractivity contribution < 1.29 is 14.6 Å². The van der Waals surface area contributed by atoms with Crippen LogP contribution in [0.3, 0.4) is 0 Å². The van der Waals surface area contributed by atoms with E-state index in [1.807, 2.05) is 42.5 Å². The number of para-hydroxylation sites is 1. The predicted molar refractivity (Wildman–Crippen MR) is 88.6 cm³/mol. The molecular weight excluding hydrogens is 290 g/mol. The molecule has 1 aliphatic rings. The molecule has 0 spiro atoms. The van der Waals surface area contributed by atoms with Gasteiger partial charge in [-0.2, -0.15) is 0 Å². The number of ether oxygens (including phenoxy) is 1. The summed E-state index contributed by atoms with van der Waals surface area (Å²) in [6.07, 6.45) is 0. The van der Waals surface area contributed by atoms with Gasteiger partial charge in [-0.15, -0.1) is 0 Å². The smallest absolute Gasteiger partial charge is 0.308 e. The zero-order valence-electron chi connectivity index (χ0n) is 13.2. The van der Waals surface area contributed by atoms with Gasteiger partial charge >= 0.3 is 5.97 Å². The van der Waals surface area contributed by atoms with Gasteiger partial charge in [-0.05, 0) is 17.2 Å². The van der Waals surface area contributed by atoms with Gasteiger partial charge in [0.2, 0.25) is 0 Å². The summed E-state index contributed by atoms with van der Waals surface area (Å²) in [4.78, 5) is 13.9. The quantitative estimate of drug-likeness (QED) is 0.922. The zero-order chi connectivity index (χ0) is 16.2. The highest BCUT2D eigenvalue weighted by atomic mass is 16.5. The second kappa shape index (κ2) is 6.84. The molecule has 0 radical (unpaired) electrons. The number of carboxylic acid groups (broad SMARTS) is 1. The highest BCUT2D eigenvalue weighted by Gasteiger charge is 2.39. The highest BCUT2D eigenvalue weighted by molar-refractivity contribution is 5.72. The van der Waals surface area contributed by atoms with Crippen LogP contribution in [-0.4, -0.2) is 36.2 Å². The number of aliphatic carboxylic acids is 1. The van der Waals surface area contributed by atoms with Gasteiger partial charge in [0, 0.05) is 25.6 Å². The third kappa shape index (κ3) is 3.37. The molecule has 120 valence electrons. The Bertz CT molecular complexity index is 671. The average Bonchev–Trinajstić information content (AvgIpc) is 2.99. The first-order valence-corrected chi connectivity index (χ1v) is 7.81. The number of nitrogens with zero attached hydrogens (tertiary/aromatic N) is 1. The number of likely N-dealkylation sites (tertiary alicyclic amines) is 1. The molecule has 3 rings (SSSR count). The van der Waals surface area contributed by atoms with Crippen LogP contribution in [0.4, 0.5) is 0 Å². The minimum atomic E-state index is -0.739. The van der Waals surface area contributed by atoms with Crippen LogP contribution in [0, 0.1) is 5.92 Å². The Morgan fingerprint density at radius 1 is 1.13 bits per heavy atom. The lowest BCUT2D eigenvalue weighted by Gasteiger charge is -2.18. The highest BCUT2D eigenvalue weighted by Crippen LogP contribution is 2.38. The molecule has 0 aliphatic carbocycles. The van der Waals surface area contributed by atoms with E-state index in [1.165, 1.54) is 5.56 Å². The van der Waals surface area contributed by atoms with Gasteiger partial charge in [0.1, 0.15) is 5.75 Å². The molecule has 4 heteroatoms. The molecule has 1 unspecified atom stereocenters. The van der Waals surface area contributed by atoms with Crippen LogP contribution in [0.5, 0.6) is 5.75 Å². The van der Waals surface area contributed by atoms with Crippen LogP contribution in [0.15, 0.2) is 54.6 Å².